The standard InChI is InChI=1S/C18H18ClN5S/c1-13-3-6-15(9-17(13)19)22-18(25)23(2)10-14-4-7-16(8-5-14)24-12-20-11-21-24/h3-9,11-12H,10H2,1-2H3,(H,22,25). The van der Waals surface area contributed by atoms with Crippen molar-refractivity contribution in [3.8, 4) is 5.69 Å². The molecule has 0 aliphatic heterocycles. The van der Waals surface area contributed by atoms with Crippen molar-refractivity contribution in [3.63, 3.8) is 0 Å². The molecular weight excluding hydrogens is 354 g/mol. The number of nitrogens with zero attached hydrogens (tertiary/aromatic N) is 4. The van der Waals surface area contributed by atoms with Gasteiger partial charge in [0, 0.05) is 24.3 Å². The Hall–Kier alpha value is -2.44. The van der Waals surface area contributed by atoms with Crippen LogP contribution in [0.1, 0.15) is 11.1 Å². The monoisotopic (exact) mass is 371 g/mol. The zero-order chi connectivity index (χ0) is 17.8. The number of benzene rings is 2. The second-order valence-electron chi connectivity index (χ2n) is 5.76. The quantitative estimate of drug-likeness (QED) is 0.701. The third-order valence-corrected chi connectivity index (χ3v) is 4.63. The summed E-state index contributed by atoms with van der Waals surface area (Å²) in [6.45, 7) is 2.67. The lowest BCUT2D eigenvalue weighted by Crippen LogP contribution is -2.30. The molecule has 1 heterocycles. The van der Waals surface area contributed by atoms with Gasteiger partial charge < -0.3 is 10.2 Å². The fourth-order valence-corrected chi connectivity index (χ4v) is 2.69. The second-order valence-corrected chi connectivity index (χ2v) is 6.55. The van der Waals surface area contributed by atoms with E-state index in [4.69, 9.17) is 23.8 Å². The summed E-state index contributed by atoms with van der Waals surface area (Å²) in [6, 6.07) is 13.9. The molecule has 25 heavy (non-hydrogen) atoms. The first-order valence-corrected chi connectivity index (χ1v) is 8.54. The molecule has 0 atom stereocenters. The first kappa shape index (κ1) is 17.4. The van der Waals surface area contributed by atoms with Crippen molar-refractivity contribution < 1.29 is 0 Å². The summed E-state index contributed by atoms with van der Waals surface area (Å²) in [6.07, 6.45) is 3.19. The number of halogens is 1. The predicted octanol–water partition coefficient (Wildman–Crippen LogP) is 4.06. The molecule has 0 aliphatic carbocycles. The molecular formula is C18H18ClN5S. The third-order valence-electron chi connectivity index (χ3n) is 3.81. The molecule has 0 unspecified atom stereocenters. The van der Waals surface area contributed by atoms with Crippen LogP contribution < -0.4 is 5.32 Å². The number of nitrogens with one attached hydrogen (secondary N) is 1. The van der Waals surface area contributed by atoms with Gasteiger partial charge in [-0.3, -0.25) is 0 Å². The van der Waals surface area contributed by atoms with Crippen molar-refractivity contribution >= 4 is 34.6 Å². The number of hydrogen-bond donors (Lipinski definition) is 1. The molecule has 3 aromatic rings. The Balaban J connectivity index is 1.62. The lowest BCUT2D eigenvalue weighted by molar-refractivity contribution is 0.508. The Morgan fingerprint density at radius 2 is 2.00 bits per heavy atom. The van der Waals surface area contributed by atoms with Gasteiger partial charge in [0.15, 0.2) is 5.11 Å². The van der Waals surface area contributed by atoms with E-state index in [1.54, 1.807) is 11.0 Å². The largest absolute Gasteiger partial charge is 0.348 e. The van der Waals surface area contributed by atoms with Gasteiger partial charge in [0.05, 0.1) is 5.69 Å². The van der Waals surface area contributed by atoms with Crippen molar-refractivity contribution in [1.82, 2.24) is 19.7 Å². The van der Waals surface area contributed by atoms with Gasteiger partial charge in [-0.15, -0.1) is 0 Å². The molecule has 0 saturated carbocycles. The zero-order valence-electron chi connectivity index (χ0n) is 14.0. The number of aryl methyl sites for hydroxylation is 1. The Kier molecular flexibility index (Phi) is 5.31. The van der Waals surface area contributed by atoms with Gasteiger partial charge in [0.1, 0.15) is 12.7 Å². The van der Waals surface area contributed by atoms with Crippen LogP contribution in [0.5, 0.6) is 0 Å². The number of rotatable bonds is 4. The van der Waals surface area contributed by atoms with Crippen LogP contribution in [0.2, 0.25) is 5.02 Å². The highest BCUT2D eigenvalue weighted by atomic mass is 35.5. The molecule has 0 aliphatic rings. The maximum atomic E-state index is 6.16. The lowest BCUT2D eigenvalue weighted by atomic mass is 10.2. The summed E-state index contributed by atoms with van der Waals surface area (Å²) in [5, 5.41) is 8.69. The van der Waals surface area contributed by atoms with E-state index >= 15 is 0 Å². The molecule has 0 radical (unpaired) electrons. The SMILES string of the molecule is Cc1ccc(NC(=S)N(C)Cc2ccc(-n3cncn3)cc2)cc1Cl. The van der Waals surface area contributed by atoms with E-state index in [0.29, 0.717) is 11.7 Å². The lowest BCUT2D eigenvalue weighted by Gasteiger charge is -2.21. The molecule has 0 amide bonds. The van der Waals surface area contributed by atoms with E-state index in [2.05, 4.69) is 27.5 Å². The molecule has 0 fully saturated rings. The van der Waals surface area contributed by atoms with Crippen molar-refractivity contribution in [2.45, 2.75) is 13.5 Å². The minimum Gasteiger partial charge on any atom is -0.348 e. The third kappa shape index (κ3) is 4.35. The van der Waals surface area contributed by atoms with Crippen molar-refractivity contribution in [3.05, 3.63) is 71.3 Å². The minimum absolute atomic E-state index is 0.639. The van der Waals surface area contributed by atoms with Crippen LogP contribution in [-0.4, -0.2) is 31.8 Å². The second kappa shape index (κ2) is 7.63. The van der Waals surface area contributed by atoms with Gasteiger partial charge in [-0.1, -0.05) is 29.8 Å². The first-order chi connectivity index (χ1) is 12.0. The van der Waals surface area contributed by atoms with E-state index in [-0.39, 0.29) is 0 Å². The maximum Gasteiger partial charge on any atom is 0.173 e. The van der Waals surface area contributed by atoms with Gasteiger partial charge in [0.2, 0.25) is 0 Å². The van der Waals surface area contributed by atoms with Crippen LogP contribution in [-0.2, 0) is 6.54 Å². The summed E-state index contributed by atoms with van der Waals surface area (Å²) in [5.74, 6) is 0. The predicted molar refractivity (Wildman–Crippen MR) is 105 cm³/mol. The number of anilines is 1. The smallest absolute Gasteiger partial charge is 0.173 e. The van der Waals surface area contributed by atoms with Crippen molar-refractivity contribution in [1.29, 1.82) is 0 Å². The minimum atomic E-state index is 0.639. The molecule has 7 heteroatoms. The molecule has 0 saturated heterocycles. The molecule has 0 bridgehead atoms. The zero-order valence-corrected chi connectivity index (χ0v) is 15.6. The van der Waals surface area contributed by atoms with Crippen LogP contribution in [0, 0.1) is 6.92 Å². The fourth-order valence-electron chi connectivity index (χ4n) is 2.33. The Labute approximate surface area is 157 Å². The summed E-state index contributed by atoms with van der Waals surface area (Å²) < 4.78 is 1.72. The van der Waals surface area contributed by atoms with Crippen LogP contribution in [0.25, 0.3) is 5.69 Å². The fraction of sp³-hybridized carbons (Fsp3) is 0.167. The number of thiocarbonyl (C=S) groups is 1. The molecule has 128 valence electrons. The summed E-state index contributed by atoms with van der Waals surface area (Å²) >= 11 is 11.6. The Morgan fingerprint density at radius 1 is 1.24 bits per heavy atom. The van der Waals surface area contributed by atoms with Gasteiger partial charge >= 0.3 is 0 Å². The molecule has 5 nitrogen and oxygen atoms in total. The molecule has 2 aromatic carbocycles. The van der Waals surface area contributed by atoms with Crippen LogP contribution >= 0.6 is 23.8 Å². The first-order valence-electron chi connectivity index (χ1n) is 7.75. The van der Waals surface area contributed by atoms with Gasteiger partial charge in [-0.25, -0.2) is 9.67 Å². The number of aromatic nitrogens is 3. The molecule has 0 spiro atoms. The van der Waals surface area contributed by atoms with E-state index < -0.39 is 0 Å². The van der Waals surface area contributed by atoms with Crippen molar-refractivity contribution in [2.24, 2.45) is 0 Å². The molecule has 1 aromatic heterocycles. The summed E-state index contributed by atoms with van der Waals surface area (Å²) in [5.41, 5.74) is 4.05. The molecule has 3 rings (SSSR count). The van der Waals surface area contributed by atoms with Crippen LogP contribution in [0.3, 0.4) is 0 Å². The highest BCUT2D eigenvalue weighted by molar-refractivity contribution is 7.80. The van der Waals surface area contributed by atoms with E-state index in [0.717, 1.165) is 27.5 Å². The van der Waals surface area contributed by atoms with E-state index in [1.165, 1.54) is 6.33 Å². The van der Waals surface area contributed by atoms with E-state index in [1.807, 2.05) is 49.2 Å². The van der Waals surface area contributed by atoms with Crippen LogP contribution in [0.15, 0.2) is 55.1 Å². The highest BCUT2D eigenvalue weighted by Crippen LogP contribution is 2.20. The van der Waals surface area contributed by atoms with Gasteiger partial charge in [-0.05, 0) is 54.5 Å². The Morgan fingerprint density at radius 3 is 2.64 bits per heavy atom. The maximum absolute atomic E-state index is 6.16. The average molecular weight is 372 g/mol. The van der Waals surface area contributed by atoms with Crippen LogP contribution in [0.4, 0.5) is 5.69 Å². The number of hydrogen-bond acceptors (Lipinski definition) is 3. The van der Waals surface area contributed by atoms with Crippen molar-refractivity contribution in [2.75, 3.05) is 12.4 Å². The topological polar surface area (TPSA) is 46.0 Å². The normalized spacial score (nSPS) is 10.5. The summed E-state index contributed by atoms with van der Waals surface area (Å²) in [4.78, 5) is 5.93. The average Bonchev–Trinajstić information content (AvgIpc) is 3.13. The summed E-state index contributed by atoms with van der Waals surface area (Å²) in [7, 11) is 1.95. The highest BCUT2D eigenvalue weighted by Gasteiger charge is 2.07. The Bertz CT molecular complexity index is 862. The van der Waals surface area contributed by atoms with Gasteiger partial charge in [-0.2, -0.15) is 5.10 Å². The van der Waals surface area contributed by atoms with E-state index in [9.17, 15) is 0 Å². The molecule has 1 N–H and O–H groups in total. The van der Waals surface area contributed by atoms with Gasteiger partial charge in [0.25, 0.3) is 0 Å².